The lowest BCUT2D eigenvalue weighted by molar-refractivity contribution is 0.0703. The number of anilines is 1. The summed E-state index contributed by atoms with van der Waals surface area (Å²) in [5.74, 6) is 0.875. The normalized spacial score (nSPS) is 11.3. The minimum Gasteiger partial charge on any atom is -0.497 e. The molecule has 1 amide bonds. The summed E-state index contributed by atoms with van der Waals surface area (Å²) in [5, 5.41) is 0. The lowest BCUT2D eigenvalue weighted by atomic mass is 10.0. The van der Waals surface area contributed by atoms with E-state index in [1.54, 1.807) is 31.4 Å². The van der Waals surface area contributed by atoms with Gasteiger partial charge in [-0.2, -0.15) is 0 Å². The molecule has 0 saturated carbocycles. The zero-order valence-electron chi connectivity index (χ0n) is 14.4. The lowest BCUT2D eigenvalue weighted by Gasteiger charge is -2.28. The van der Waals surface area contributed by atoms with Crippen molar-refractivity contribution in [1.82, 2.24) is 4.90 Å². The highest BCUT2D eigenvalue weighted by Crippen LogP contribution is 2.16. The van der Waals surface area contributed by atoms with E-state index in [4.69, 9.17) is 10.5 Å². The summed E-state index contributed by atoms with van der Waals surface area (Å²) < 4.78 is 5.17. The van der Waals surface area contributed by atoms with E-state index < -0.39 is 0 Å². The Hall–Kier alpha value is -2.20. The molecule has 0 aliphatic heterocycles. The molecule has 0 spiro atoms. The molecule has 0 radical (unpaired) electrons. The number of nitrogens with two attached hydrogens (primary N) is 1. The first-order valence-electron chi connectivity index (χ1n) is 7.84. The molecule has 0 aromatic heterocycles. The van der Waals surface area contributed by atoms with E-state index in [-0.39, 0.29) is 24.4 Å². The highest BCUT2D eigenvalue weighted by atomic mass is 35.5. The van der Waals surface area contributed by atoms with Gasteiger partial charge in [-0.1, -0.05) is 12.1 Å². The van der Waals surface area contributed by atoms with Crippen LogP contribution in [0.5, 0.6) is 5.75 Å². The number of ether oxygens (including phenoxy) is 1. The van der Waals surface area contributed by atoms with Gasteiger partial charge in [-0.3, -0.25) is 4.79 Å². The summed E-state index contributed by atoms with van der Waals surface area (Å²) in [7, 11) is 1.65. The van der Waals surface area contributed by atoms with Gasteiger partial charge in [-0.25, -0.2) is 0 Å². The van der Waals surface area contributed by atoms with Crippen molar-refractivity contribution in [3.05, 3.63) is 59.7 Å². The zero-order valence-corrected chi connectivity index (χ0v) is 15.2. The number of carbonyl (C=O) groups is 1. The maximum Gasteiger partial charge on any atom is 0.254 e. The third kappa shape index (κ3) is 4.90. The Morgan fingerprint density at radius 2 is 1.71 bits per heavy atom. The van der Waals surface area contributed by atoms with Crippen LogP contribution in [0.4, 0.5) is 5.69 Å². The maximum atomic E-state index is 12.7. The molecule has 2 N–H and O–H groups in total. The van der Waals surface area contributed by atoms with Crippen LogP contribution in [0.2, 0.25) is 0 Å². The smallest absolute Gasteiger partial charge is 0.254 e. The second kappa shape index (κ2) is 9.18. The molecule has 0 saturated heterocycles. The van der Waals surface area contributed by atoms with Crippen molar-refractivity contribution in [2.75, 3.05) is 19.4 Å². The van der Waals surface area contributed by atoms with Crippen LogP contribution in [0.15, 0.2) is 48.5 Å². The molecule has 24 heavy (non-hydrogen) atoms. The number of amides is 1. The summed E-state index contributed by atoms with van der Waals surface area (Å²) in [6.07, 6.45) is 0.804. The molecule has 0 heterocycles. The number of likely N-dealkylation sites (N-methyl/N-ethyl adjacent to an activating group) is 1. The Morgan fingerprint density at radius 1 is 1.12 bits per heavy atom. The molecule has 4 nitrogen and oxygen atoms in total. The number of hydrogen-bond donors (Lipinski definition) is 1. The molecule has 1 atom stereocenters. The van der Waals surface area contributed by atoms with Crippen molar-refractivity contribution < 1.29 is 9.53 Å². The standard InChI is InChI=1S/C19H24N2O2.ClH/c1-4-21(19(22)16-7-9-17(20)10-8-16)14(2)13-15-5-11-18(23-3)12-6-15;/h5-12,14H,4,13,20H2,1-3H3;1H. The van der Waals surface area contributed by atoms with Gasteiger partial charge in [0, 0.05) is 23.8 Å². The maximum absolute atomic E-state index is 12.7. The SMILES string of the molecule is CCN(C(=O)c1ccc(N)cc1)C(C)Cc1ccc(OC)cc1.Cl. The highest BCUT2D eigenvalue weighted by Gasteiger charge is 2.20. The van der Waals surface area contributed by atoms with Gasteiger partial charge in [0.05, 0.1) is 7.11 Å². The summed E-state index contributed by atoms with van der Waals surface area (Å²) in [4.78, 5) is 14.6. The Kier molecular flexibility index (Phi) is 7.59. The Labute approximate surface area is 150 Å². The Balaban J connectivity index is 0.00000288. The molecule has 0 aliphatic rings. The Morgan fingerprint density at radius 3 is 2.21 bits per heavy atom. The van der Waals surface area contributed by atoms with E-state index in [2.05, 4.69) is 6.92 Å². The largest absolute Gasteiger partial charge is 0.497 e. The topological polar surface area (TPSA) is 55.6 Å². The summed E-state index contributed by atoms with van der Waals surface area (Å²) in [5.41, 5.74) is 8.20. The van der Waals surface area contributed by atoms with Crippen LogP contribution in [0.1, 0.15) is 29.8 Å². The molecule has 2 rings (SSSR count). The number of carbonyl (C=O) groups excluding carboxylic acids is 1. The second-order valence-corrected chi connectivity index (χ2v) is 5.61. The van der Waals surface area contributed by atoms with Crippen molar-refractivity contribution >= 4 is 24.0 Å². The van der Waals surface area contributed by atoms with E-state index in [9.17, 15) is 4.79 Å². The van der Waals surface area contributed by atoms with Gasteiger partial charge in [-0.05, 0) is 62.2 Å². The lowest BCUT2D eigenvalue weighted by Crippen LogP contribution is -2.39. The molecule has 0 bridgehead atoms. The number of halogens is 1. The van der Waals surface area contributed by atoms with Gasteiger partial charge < -0.3 is 15.4 Å². The molecule has 2 aromatic rings. The van der Waals surface area contributed by atoms with Crippen LogP contribution in [0.25, 0.3) is 0 Å². The first kappa shape index (κ1) is 19.8. The predicted molar refractivity (Wildman–Crippen MR) is 101 cm³/mol. The second-order valence-electron chi connectivity index (χ2n) is 5.61. The number of hydrogen-bond acceptors (Lipinski definition) is 3. The van der Waals surface area contributed by atoms with Crippen molar-refractivity contribution in [1.29, 1.82) is 0 Å². The quantitative estimate of drug-likeness (QED) is 0.808. The van der Waals surface area contributed by atoms with E-state index in [1.807, 2.05) is 36.1 Å². The summed E-state index contributed by atoms with van der Waals surface area (Å²) in [6, 6.07) is 15.2. The van der Waals surface area contributed by atoms with Crippen LogP contribution in [0, 0.1) is 0 Å². The number of nitrogens with zero attached hydrogens (tertiary/aromatic N) is 1. The molecular weight excluding hydrogens is 324 g/mol. The average Bonchev–Trinajstić information content (AvgIpc) is 2.56. The van der Waals surface area contributed by atoms with E-state index in [0.717, 1.165) is 12.2 Å². The van der Waals surface area contributed by atoms with E-state index in [1.165, 1.54) is 5.56 Å². The molecule has 0 aliphatic carbocycles. The monoisotopic (exact) mass is 348 g/mol. The third-order valence-electron chi connectivity index (χ3n) is 3.98. The van der Waals surface area contributed by atoms with Gasteiger partial charge in [0.1, 0.15) is 5.75 Å². The predicted octanol–water partition coefficient (Wildman–Crippen LogP) is 3.79. The zero-order chi connectivity index (χ0) is 16.8. The summed E-state index contributed by atoms with van der Waals surface area (Å²) in [6.45, 7) is 4.74. The molecule has 2 aromatic carbocycles. The number of nitrogen functional groups attached to an aromatic ring is 1. The first-order valence-corrected chi connectivity index (χ1v) is 7.84. The van der Waals surface area contributed by atoms with Crippen LogP contribution < -0.4 is 10.5 Å². The van der Waals surface area contributed by atoms with Gasteiger partial charge in [0.2, 0.25) is 0 Å². The van der Waals surface area contributed by atoms with Crippen molar-refractivity contribution in [2.45, 2.75) is 26.3 Å². The number of benzene rings is 2. The third-order valence-corrected chi connectivity index (χ3v) is 3.98. The van der Waals surface area contributed by atoms with Gasteiger partial charge in [0.15, 0.2) is 0 Å². The highest BCUT2D eigenvalue weighted by molar-refractivity contribution is 5.94. The molecule has 0 fully saturated rings. The van der Waals surface area contributed by atoms with Crippen molar-refractivity contribution in [3.8, 4) is 5.75 Å². The van der Waals surface area contributed by atoms with E-state index >= 15 is 0 Å². The fourth-order valence-electron chi connectivity index (χ4n) is 2.66. The molecule has 130 valence electrons. The van der Waals surface area contributed by atoms with Crippen molar-refractivity contribution in [2.24, 2.45) is 0 Å². The van der Waals surface area contributed by atoms with Crippen LogP contribution >= 0.6 is 12.4 Å². The minimum absolute atomic E-state index is 0. The van der Waals surface area contributed by atoms with Crippen LogP contribution in [0.3, 0.4) is 0 Å². The molecule has 1 unspecified atom stereocenters. The Bertz CT molecular complexity index is 641. The van der Waals surface area contributed by atoms with Gasteiger partial charge in [0.25, 0.3) is 5.91 Å². The average molecular weight is 349 g/mol. The fourth-order valence-corrected chi connectivity index (χ4v) is 2.66. The molecule has 5 heteroatoms. The number of methoxy groups -OCH3 is 1. The summed E-state index contributed by atoms with van der Waals surface area (Å²) >= 11 is 0. The minimum atomic E-state index is 0. The van der Waals surface area contributed by atoms with Gasteiger partial charge in [-0.15, -0.1) is 12.4 Å². The first-order chi connectivity index (χ1) is 11.0. The fraction of sp³-hybridized carbons (Fsp3) is 0.316. The van der Waals surface area contributed by atoms with Crippen molar-refractivity contribution in [3.63, 3.8) is 0 Å². The molecular formula is C19H25ClN2O2. The van der Waals surface area contributed by atoms with E-state index in [0.29, 0.717) is 17.8 Å². The van der Waals surface area contributed by atoms with Gasteiger partial charge >= 0.3 is 0 Å². The van der Waals surface area contributed by atoms with Crippen LogP contribution in [-0.4, -0.2) is 30.5 Å². The van der Waals surface area contributed by atoms with Crippen LogP contribution in [-0.2, 0) is 6.42 Å². The number of rotatable bonds is 6.